The lowest BCUT2D eigenvalue weighted by Gasteiger charge is -2.12. The van der Waals surface area contributed by atoms with Crippen molar-refractivity contribution in [3.05, 3.63) is 39.5 Å². The molecule has 1 aromatic heterocycles. The van der Waals surface area contributed by atoms with Gasteiger partial charge in [-0.2, -0.15) is 4.98 Å². The molecule has 0 spiro atoms. The topological polar surface area (TPSA) is 60.2 Å². The Morgan fingerprint density at radius 1 is 1.38 bits per heavy atom. The minimum absolute atomic E-state index is 0.217. The zero-order chi connectivity index (χ0) is 14.8. The highest BCUT2D eigenvalue weighted by molar-refractivity contribution is 6.35. The minimum Gasteiger partial charge on any atom is -0.484 e. The van der Waals surface area contributed by atoms with Gasteiger partial charge in [-0.05, 0) is 32.0 Å². The summed E-state index contributed by atoms with van der Waals surface area (Å²) in [4.78, 5) is 4.32. The molecule has 0 atom stereocenters. The number of aromatic nitrogens is 2. The lowest BCUT2D eigenvalue weighted by Crippen LogP contribution is -2.08. The summed E-state index contributed by atoms with van der Waals surface area (Å²) in [5.74, 6) is 2.25. The first-order valence-corrected chi connectivity index (χ1v) is 7.50. The van der Waals surface area contributed by atoms with Gasteiger partial charge in [-0.1, -0.05) is 28.4 Å². The first-order chi connectivity index (χ1) is 10.2. The Morgan fingerprint density at radius 3 is 2.90 bits per heavy atom. The van der Waals surface area contributed by atoms with Crippen LogP contribution in [0.4, 0.5) is 0 Å². The maximum Gasteiger partial charge on any atom is 0.229 e. The largest absolute Gasteiger partial charge is 0.484 e. The highest BCUT2D eigenvalue weighted by Gasteiger charge is 2.29. The van der Waals surface area contributed by atoms with Crippen LogP contribution in [0, 0.1) is 0 Å². The Bertz CT molecular complexity index is 641. The van der Waals surface area contributed by atoms with E-state index in [9.17, 15) is 0 Å². The van der Waals surface area contributed by atoms with Crippen molar-refractivity contribution < 1.29 is 9.26 Å². The molecule has 0 radical (unpaired) electrons. The summed E-state index contributed by atoms with van der Waals surface area (Å²) >= 11 is 12.2. The number of hydrogen-bond donors (Lipinski definition) is 1. The van der Waals surface area contributed by atoms with Crippen molar-refractivity contribution in [1.29, 1.82) is 0 Å². The van der Waals surface area contributed by atoms with Gasteiger partial charge in [0, 0.05) is 23.0 Å². The fourth-order valence-corrected chi connectivity index (χ4v) is 2.65. The molecule has 1 saturated carbocycles. The number of benzene rings is 1. The number of hydrogen-bond acceptors (Lipinski definition) is 5. The van der Waals surface area contributed by atoms with Crippen LogP contribution in [-0.2, 0) is 13.2 Å². The van der Waals surface area contributed by atoms with Crippen molar-refractivity contribution in [1.82, 2.24) is 15.5 Å². The van der Waals surface area contributed by atoms with Crippen molar-refractivity contribution in [3.8, 4) is 5.75 Å². The second-order valence-electron chi connectivity index (χ2n) is 5.02. The Hall–Kier alpha value is -1.30. The molecule has 1 N–H and O–H groups in total. The Morgan fingerprint density at radius 2 is 2.19 bits per heavy atom. The van der Waals surface area contributed by atoms with E-state index < -0.39 is 0 Å². The van der Waals surface area contributed by atoms with Crippen LogP contribution in [-0.4, -0.2) is 17.2 Å². The van der Waals surface area contributed by atoms with E-state index in [2.05, 4.69) is 15.5 Å². The van der Waals surface area contributed by atoms with Gasteiger partial charge < -0.3 is 14.6 Å². The lowest BCUT2D eigenvalue weighted by atomic mass is 10.2. The monoisotopic (exact) mass is 327 g/mol. The molecule has 2 aromatic rings. The molecule has 1 aliphatic rings. The maximum atomic E-state index is 6.20. The van der Waals surface area contributed by atoms with E-state index in [1.165, 1.54) is 0 Å². The summed E-state index contributed by atoms with van der Waals surface area (Å²) < 4.78 is 11.0. The van der Waals surface area contributed by atoms with Crippen molar-refractivity contribution in [3.63, 3.8) is 0 Å². The molecule has 112 valence electrons. The second kappa shape index (κ2) is 6.22. The SMILES string of the molecule is CNCc1cc(Cl)cc(Cl)c1OCc1noc(C2CC2)n1. The summed E-state index contributed by atoms with van der Waals surface area (Å²) in [5, 5.41) is 8.02. The molecule has 0 bridgehead atoms. The molecule has 21 heavy (non-hydrogen) atoms. The quantitative estimate of drug-likeness (QED) is 0.879. The van der Waals surface area contributed by atoms with Gasteiger partial charge in [0.05, 0.1) is 5.02 Å². The van der Waals surface area contributed by atoms with Gasteiger partial charge in [0.15, 0.2) is 6.61 Å². The van der Waals surface area contributed by atoms with Crippen LogP contribution in [0.25, 0.3) is 0 Å². The average molecular weight is 328 g/mol. The summed E-state index contributed by atoms with van der Waals surface area (Å²) in [6, 6.07) is 3.48. The van der Waals surface area contributed by atoms with Crippen molar-refractivity contribution >= 4 is 23.2 Å². The van der Waals surface area contributed by atoms with E-state index in [-0.39, 0.29) is 6.61 Å². The Labute approximate surface area is 132 Å². The van der Waals surface area contributed by atoms with Gasteiger partial charge in [-0.25, -0.2) is 0 Å². The number of ether oxygens (including phenoxy) is 1. The molecule has 0 saturated heterocycles. The number of rotatable bonds is 6. The average Bonchev–Trinajstić information content (AvgIpc) is 3.18. The molecule has 0 aliphatic heterocycles. The zero-order valence-electron chi connectivity index (χ0n) is 11.5. The van der Waals surface area contributed by atoms with Crippen LogP contribution < -0.4 is 10.1 Å². The second-order valence-corrected chi connectivity index (χ2v) is 5.86. The van der Waals surface area contributed by atoms with Gasteiger partial charge in [-0.3, -0.25) is 0 Å². The van der Waals surface area contributed by atoms with Crippen molar-refractivity contribution in [2.24, 2.45) is 0 Å². The lowest BCUT2D eigenvalue weighted by molar-refractivity contribution is 0.282. The van der Waals surface area contributed by atoms with Crippen LogP contribution in [0.3, 0.4) is 0 Å². The summed E-state index contributed by atoms with van der Waals surface area (Å²) in [6.07, 6.45) is 2.25. The van der Waals surface area contributed by atoms with E-state index in [1.807, 2.05) is 13.1 Å². The number of halogens is 2. The van der Waals surface area contributed by atoms with Gasteiger partial charge >= 0.3 is 0 Å². The van der Waals surface area contributed by atoms with Crippen LogP contribution in [0.5, 0.6) is 5.75 Å². The molecular formula is C14H15Cl2N3O2. The Balaban J connectivity index is 1.73. The van der Waals surface area contributed by atoms with Gasteiger partial charge in [0.25, 0.3) is 0 Å². The third-order valence-electron chi connectivity index (χ3n) is 3.21. The van der Waals surface area contributed by atoms with E-state index in [0.29, 0.717) is 40.0 Å². The fourth-order valence-electron chi connectivity index (χ4n) is 2.06. The summed E-state index contributed by atoms with van der Waals surface area (Å²) in [6.45, 7) is 0.823. The van der Waals surface area contributed by atoms with E-state index >= 15 is 0 Å². The molecule has 1 aromatic carbocycles. The third kappa shape index (κ3) is 3.48. The summed E-state index contributed by atoms with van der Waals surface area (Å²) in [5.41, 5.74) is 0.890. The summed E-state index contributed by atoms with van der Waals surface area (Å²) in [7, 11) is 1.85. The number of nitrogens with zero attached hydrogens (tertiary/aromatic N) is 2. The third-order valence-corrected chi connectivity index (χ3v) is 3.71. The first kappa shape index (κ1) is 14.6. The molecule has 1 aliphatic carbocycles. The molecule has 3 rings (SSSR count). The van der Waals surface area contributed by atoms with E-state index in [4.69, 9.17) is 32.5 Å². The molecule has 0 amide bonds. The highest BCUT2D eigenvalue weighted by Crippen LogP contribution is 2.39. The number of nitrogens with one attached hydrogen (secondary N) is 1. The molecule has 0 unspecified atom stereocenters. The van der Waals surface area contributed by atoms with E-state index in [1.54, 1.807) is 6.07 Å². The first-order valence-electron chi connectivity index (χ1n) is 6.75. The predicted molar refractivity (Wildman–Crippen MR) is 79.8 cm³/mol. The van der Waals surface area contributed by atoms with Crippen LogP contribution in [0.2, 0.25) is 10.0 Å². The minimum atomic E-state index is 0.217. The standard InChI is InChI=1S/C14H15Cl2N3O2/c1-17-6-9-4-10(15)5-11(16)13(9)20-7-12-18-14(21-19-12)8-2-3-8/h4-5,8,17H,2-3,6-7H2,1H3. The smallest absolute Gasteiger partial charge is 0.229 e. The Kier molecular flexibility index (Phi) is 4.33. The predicted octanol–water partition coefficient (Wildman–Crippen LogP) is 3.55. The van der Waals surface area contributed by atoms with Crippen LogP contribution >= 0.6 is 23.2 Å². The fraction of sp³-hybridized carbons (Fsp3) is 0.429. The molecule has 1 fully saturated rings. The highest BCUT2D eigenvalue weighted by atomic mass is 35.5. The van der Waals surface area contributed by atoms with Crippen LogP contribution in [0.15, 0.2) is 16.7 Å². The normalized spacial score (nSPS) is 14.4. The van der Waals surface area contributed by atoms with Gasteiger partial charge in [0.1, 0.15) is 5.75 Å². The zero-order valence-corrected chi connectivity index (χ0v) is 13.0. The molecule has 5 nitrogen and oxygen atoms in total. The molecule has 7 heteroatoms. The molecular weight excluding hydrogens is 313 g/mol. The van der Waals surface area contributed by atoms with Gasteiger partial charge in [-0.15, -0.1) is 0 Å². The van der Waals surface area contributed by atoms with Gasteiger partial charge in [0.2, 0.25) is 11.7 Å². The molecule has 1 heterocycles. The van der Waals surface area contributed by atoms with Crippen molar-refractivity contribution in [2.75, 3.05) is 7.05 Å². The van der Waals surface area contributed by atoms with Crippen molar-refractivity contribution in [2.45, 2.75) is 31.9 Å². The van der Waals surface area contributed by atoms with Crippen LogP contribution in [0.1, 0.15) is 36.0 Å². The maximum absolute atomic E-state index is 6.20. The van der Waals surface area contributed by atoms with E-state index in [0.717, 1.165) is 18.4 Å².